The second-order valence-corrected chi connectivity index (χ2v) is 6.93. The van der Waals surface area contributed by atoms with Crippen molar-refractivity contribution in [3.8, 4) is 0 Å². The van der Waals surface area contributed by atoms with E-state index in [-0.39, 0.29) is 18.7 Å². The Morgan fingerprint density at radius 3 is 2.54 bits per heavy atom. The second kappa shape index (κ2) is 6.49. The van der Waals surface area contributed by atoms with Gasteiger partial charge in [-0.15, -0.1) is 6.58 Å². The minimum absolute atomic E-state index is 0.266. The summed E-state index contributed by atoms with van der Waals surface area (Å²) in [6.45, 7) is 3.94. The molecule has 0 aliphatic carbocycles. The Morgan fingerprint density at radius 2 is 1.88 bits per heavy atom. The zero-order valence-corrected chi connectivity index (χ0v) is 15.1. The number of aliphatic hydroxyl groups is 1. The molecule has 0 fully saturated rings. The number of rotatable bonds is 5. The van der Waals surface area contributed by atoms with E-state index >= 15 is 0 Å². The molecule has 0 radical (unpaired) electrons. The van der Waals surface area contributed by atoms with Crippen molar-refractivity contribution in [3.05, 3.63) is 75.9 Å². The molecule has 1 aliphatic rings. The fourth-order valence-electron chi connectivity index (χ4n) is 2.96. The molecule has 0 spiro atoms. The van der Waals surface area contributed by atoms with Crippen molar-refractivity contribution in [2.45, 2.75) is 12.0 Å². The summed E-state index contributed by atoms with van der Waals surface area (Å²) >= 11 is 2.16. The quantitative estimate of drug-likeness (QED) is 0.448. The molecule has 0 unspecified atom stereocenters. The molecule has 122 valence electrons. The highest BCUT2D eigenvalue weighted by molar-refractivity contribution is 14.1. The van der Waals surface area contributed by atoms with Crippen LogP contribution in [0.4, 0.5) is 5.69 Å². The van der Waals surface area contributed by atoms with Gasteiger partial charge in [-0.3, -0.25) is 9.59 Å². The summed E-state index contributed by atoms with van der Waals surface area (Å²) in [5.74, 6) is -0.750. The van der Waals surface area contributed by atoms with E-state index in [1.165, 1.54) is 4.90 Å². The van der Waals surface area contributed by atoms with Crippen LogP contribution in [0.3, 0.4) is 0 Å². The van der Waals surface area contributed by atoms with Gasteiger partial charge >= 0.3 is 0 Å². The number of Topliss-reactive ketones (excluding diaryl/α,β-unsaturated/α-hetero) is 1. The van der Waals surface area contributed by atoms with Gasteiger partial charge in [0.1, 0.15) is 0 Å². The third-order valence-corrected chi connectivity index (χ3v) is 4.85. The molecule has 0 bridgehead atoms. The van der Waals surface area contributed by atoms with E-state index in [1.54, 1.807) is 42.5 Å². The number of hydrogen-bond donors (Lipinski definition) is 1. The molecule has 1 atom stereocenters. The molecule has 0 saturated carbocycles. The molecular weight excluding hydrogens is 417 g/mol. The Hall–Kier alpha value is -1.99. The van der Waals surface area contributed by atoms with Gasteiger partial charge in [0.25, 0.3) is 5.91 Å². The molecule has 1 amide bonds. The second-order valence-electron chi connectivity index (χ2n) is 5.69. The maximum Gasteiger partial charge on any atom is 0.264 e. The minimum Gasteiger partial charge on any atom is -0.375 e. The third kappa shape index (κ3) is 2.78. The first-order chi connectivity index (χ1) is 11.5. The number of carbonyl (C=O) groups excluding carboxylic acids is 2. The van der Waals surface area contributed by atoms with Gasteiger partial charge < -0.3 is 10.0 Å². The van der Waals surface area contributed by atoms with Crippen molar-refractivity contribution in [1.29, 1.82) is 0 Å². The van der Waals surface area contributed by atoms with Crippen LogP contribution in [0, 0.1) is 3.57 Å². The summed E-state index contributed by atoms with van der Waals surface area (Å²) in [4.78, 5) is 26.8. The summed E-state index contributed by atoms with van der Waals surface area (Å²) in [6.07, 6.45) is 1.32. The highest BCUT2D eigenvalue weighted by atomic mass is 127. The monoisotopic (exact) mass is 433 g/mol. The molecular formula is C19H16INO3. The van der Waals surface area contributed by atoms with Gasteiger partial charge in [-0.05, 0) is 40.8 Å². The number of amides is 1. The van der Waals surface area contributed by atoms with Gasteiger partial charge in [0, 0.05) is 21.2 Å². The first-order valence-electron chi connectivity index (χ1n) is 7.51. The van der Waals surface area contributed by atoms with E-state index in [1.807, 2.05) is 12.1 Å². The number of nitrogens with zero attached hydrogens (tertiary/aromatic N) is 1. The zero-order valence-electron chi connectivity index (χ0n) is 12.9. The van der Waals surface area contributed by atoms with Gasteiger partial charge in [0.2, 0.25) is 0 Å². The molecule has 1 heterocycles. The van der Waals surface area contributed by atoms with Gasteiger partial charge in [-0.1, -0.05) is 36.4 Å². The standard InChI is InChI=1S/C19H16INO3/c1-2-11-21-16-6-4-3-5-15(16)19(24,18(21)23)12-17(22)13-7-9-14(20)10-8-13/h2-10,24H,1,11-12H2/t19-/m1/s1. The largest absolute Gasteiger partial charge is 0.375 e. The number of fused-ring (bicyclic) bond motifs is 1. The predicted octanol–water partition coefficient (Wildman–Crippen LogP) is 3.28. The summed E-state index contributed by atoms with van der Waals surface area (Å²) in [7, 11) is 0. The van der Waals surface area contributed by atoms with Gasteiger partial charge in [-0.25, -0.2) is 0 Å². The van der Waals surface area contributed by atoms with E-state index < -0.39 is 11.5 Å². The molecule has 4 nitrogen and oxygen atoms in total. The van der Waals surface area contributed by atoms with Crippen LogP contribution in [-0.4, -0.2) is 23.3 Å². The van der Waals surface area contributed by atoms with Crippen LogP contribution in [0.5, 0.6) is 0 Å². The Morgan fingerprint density at radius 1 is 1.21 bits per heavy atom. The molecule has 2 aromatic carbocycles. The number of benzene rings is 2. The normalized spacial score (nSPS) is 19.2. The Bertz CT molecular complexity index is 816. The molecule has 5 heteroatoms. The number of anilines is 1. The van der Waals surface area contributed by atoms with Crippen LogP contribution in [0.25, 0.3) is 0 Å². The first kappa shape index (κ1) is 16.9. The van der Waals surface area contributed by atoms with Gasteiger partial charge in [0.05, 0.1) is 12.1 Å². The average molecular weight is 433 g/mol. The van der Waals surface area contributed by atoms with Crippen molar-refractivity contribution in [3.63, 3.8) is 0 Å². The summed E-state index contributed by atoms with van der Waals surface area (Å²) in [6, 6.07) is 14.1. The molecule has 24 heavy (non-hydrogen) atoms. The fraction of sp³-hybridized carbons (Fsp3) is 0.158. The molecule has 1 aliphatic heterocycles. The van der Waals surface area contributed by atoms with Crippen LogP contribution in [-0.2, 0) is 10.4 Å². The highest BCUT2D eigenvalue weighted by Crippen LogP contribution is 2.42. The molecule has 1 N–H and O–H groups in total. The van der Waals surface area contributed by atoms with Crippen LogP contribution in [0.15, 0.2) is 61.2 Å². The number of ketones is 1. The van der Waals surface area contributed by atoms with Crippen LogP contribution < -0.4 is 4.90 Å². The SMILES string of the molecule is C=CCN1C(=O)[C@@](O)(CC(=O)c2ccc(I)cc2)c2ccccc21. The molecule has 3 rings (SSSR count). The third-order valence-electron chi connectivity index (χ3n) is 4.13. The molecule has 0 saturated heterocycles. The van der Waals surface area contributed by atoms with Crippen LogP contribution in [0.1, 0.15) is 22.3 Å². The first-order valence-corrected chi connectivity index (χ1v) is 8.59. The van der Waals surface area contributed by atoms with E-state index in [0.717, 1.165) is 3.57 Å². The van der Waals surface area contributed by atoms with E-state index in [4.69, 9.17) is 0 Å². The lowest BCUT2D eigenvalue weighted by Crippen LogP contribution is -2.41. The fourth-order valence-corrected chi connectivity index (χ4v) is 3.32. The Kier molecular flexibility index (Phi) is 4.56. The zero-order chi connectivity index (χ0) is 17.3. The lowest BCUT2D eigenvalue weighted by molar-refractivity contribution is -0.135. The lowest BCUT2D eigenvalue weighted by Gasteiger charge is -2.22. The minimum atomic E-state index is -1.83. The summed E-state index contributed by atoms with van der Waals surface area (Å²) < 4.78 is 1.02. The van der Waals surface area contributed by atoms with Crippen molar-refractivity contribution >= 4 is 40.0 Å². The number of para-hydroxylation sites is 1. The van der Waals surface area contributed by atoms with Gasteiger partial charge in [0.15, 0.2) is 11.4 Å². The van der Waals surface area contributed by atoms with Gasteiger partial charge in [-0.2, -0.15) is 0 Å². The molecule has 0 aromatic heterocycles. The summed E-state index contributed by atoms with van der Waals surface area (Å²) in [5.41, 5.74) is -0.257. The summed E-state index contributed by atoms with van der Waals surface area (Å²) in [5, 5.41) is 11.0. The van der Waals surface area contributed by atoms with Crippen LogP contribution >= 0.6 is 22.6 Å². The van der Waals surface area contributed by atoms with E-state index in [2.05, 4.69) is 29.2 Å². The lowest BCUT2D eigenvalue weighted by atomic mass is 9.88. The highest BCUT2D eigenvalue weighted by Gasteiger charge is 2.50. The smallest absolute Gasteiger partial charge is 0.264 e. The van der Waals surface area contributed by atoms with Crippen LogP contribution in [0.2, 0.25) is 0 Å². The Labute approximate surface area is 153 Å². The van der Waals surface area contributed by atoms with Crippen molar-refractivity contribution in [2.75, 3.05) is 11.4 Å². The average Bonchev–Trinajstić information content (AvgIpc) is 2.78. The molecule has 2 aromatic rings. The topological polar surface area (TPSA) is 57.6 Å². The van der Waals surface area contributed by atoms with Crippen molar-refractivity contribution in [2.24, 2.45) is 0 Å². The van der Waals surface area contributed by atoms with E-state index in [0.29, 0.717) is 16.8 Å². The van der Waals surface area contributed by atoms with Crippen molar-refractivity contribution in [1.82, 2.24) is 0 Å². The number of carbonyl (C=O) groups is 2. The maximum absolute atomic E-state index is 12.8. The number of halogens is 1. The van der Waals surface area contributed by atoms with Crippen molar-refractivity contribution < 1.29 is 14.7 Å². The Balaban J connectivity index is 1.97. The number of hydrogen-bond acceptors (Lipinski definition) is 3. The maximum atomic E-state index is 12.8. The predicted molar refractivity (Wildman–Crippen MR) is 101 cm³/mol. The van der Waals surface area contributed by atoms with E-state index in [9.17, 15) is 14.7 Å².